The van der Waals surface area contributed by atoms with Crippen molar-refractivity contribution in [2.45, 2.75) is 65.0 Å². The Morgan fingerprint density at radius 3 is 1.10 bits per heavy atom. The molecule has 0 fully saturated rings. The van der Waals surface area contributed by atoms with Crippen molar-refractivity contribution in [2.24, 2.45) is 0 Å². The van der Waals surface area contributed by atoms with E-state index in [4.69, 9.17) is 18.9 Å². The Hall–Kier alpha value is -1.14. The Labute approximate surface area is 120 Å². The van der Waals surface area contributed by atoms with Gasteiger partial charge >= 0.3 is 11.9 Å². The van der Waals surface area contributed by atoms with E-state index in [0.717, 1.165) is 0 Å². The van der Waals surface area contributed by atoms with Gasteiger partial charge in [-0.2, -0.15) is 0 Å². The smallest absolute Gasteiger partial charge is 0.338 e. The lowest BCUT2D eigenvalue weighted by atomic mass is 10.1. The number of carbonyl (C=O) groups excluding carboxylic acids is 2. The average molecular weight is 290 g/mol. The quantitative estimate of drug-likeness (QED) is 0.718. The SMILES string of the molecule is COC(=O)[C@H](OC(C)(C)C)[C@@H](OC(C)(C)C)C(=O)OC. The third kappa shape index (κ3) is 6.86. The maximum atomic E-state index is 11.9. The van der Waals surface area contributed by atoms with Gasteiger partial charge < -0.3 is 18.9 Å². The fourth-order valence-electron chi connectivity index (χ4n) is 1.46. The largest absolute Gasteiger partial charge is 0.467 e. The van der Waals surface area contributed by atoms with Crippen molar-refractivity contribution in [1.82, 2.24) is 0 Å². The third-order valence-electron chi connectivity index (χ3n) is 2.10. The summed E-state index contributed by atoms with van der Waals surface area (Å²) in [4.78, 5) is 23.8. The molecule has 0 saturated carbocycles. The van der Waals surface area contributed by atoms with Gasteiger partial charge in [-0.15, -0.1) is 0 Å². The molecule has 0 N–H and O–H groups in total. The van der Waals surface area contributed by atoms with Crippen LogP contribution < -0.4 is 0 Å². The van der Waals surface area contributed by atoms with Gasteiger partial charge in [0.2, 0.25) is 0 Å². The molecule has 118 valence electrons. The third-order valence-corrected chi connectivity index (χ3v) is 2.10. The van der Waals surface area contributed by atoms with Crippen molar-refractivity contribution < 1.29 is 28.5 Å². The van der Waals surface area contributed by atoms with Crippen molar-refractivity contribution in [3.8, 4) is 0 Å². The molecule has 0 heterocycles. The van der Waals surface area contributed by atoms with Crippen LogP contribution in [0.25, 0.3) is 0 Å². The van der Waals surface area contributed by atoms with Crippen LogP contribution in [0.15, 0.2) is 0 Å². The molecule has 0 aliphatic carbocycles. The van der Waals surface area contributed by atoms with E-state index in [1.165, 1.54) is 14.2 Å². The monoisotopic (exact) mass is 290 g/mol. The summed E-state index contributed by atoms with van der Waals surface area (Å²) in [5.74, 6) is -1.36. The van der Waals surface area contributed by atoms with E-state index in [1.807, 2.05) is 0 Å². The van der Waals surface area contributed by atoms with Gasteiger partial charge in [-0.3, -0.25) is 0 Å². The first-order chi connectivity index (χ1) is 8.91. The lowest BCUT2D eigenvalue weighted by Crippen LogP contribution is -2.50. The Kier molecular flexibility index (Phi) is 6.64. The molecule has 0 aliphatic heterocycles. The summed E-state index contributed by atoms with van der Waals surface area (Å²) in [7, 11) is 2.46. The van der Waals surface area contributed by atoms with Gasteiger partial charge in [0.05, 0.1) is 25.4 Å². The van der Waals surface area contributed by atoms with Crippen molar-refractivity contribution in [2.75, 3.05) is 14.2 Å². The summed E-state index contributed by atoms with van der Waals surface area (Å²) < 4.78 is 20.6. The molecule has 0 aromatic rings. The topological polar surface area (TPSA) is 71.1 Å². The van der Waals surface area contributed by atoms with Crippen molar-refractivity contribution >= 4 is 11.9 Å². The van der Waals surface area contributed by atoms with Gasteiger partial charge in [-0.25, -0.2) is 9.59 Å². The second-order valence-electron chi connectivity index (χ2n) is 6.35. The van der Waals surface area contributed by atoms with Crippen LogP contribution in [0.3, 0.4) is 0 Å². The van der Waals surface area contributed by atoms with Gasteiger partial charge in [0, 0.05) is 0 Å². The van der Waals surface area contributed by atoms with Crippen LogP contribution in [0.4, 0.5) is 0 Å². The zero-order valence-corrected chi connectivity index (χ0v) is 13.6. The number of methoxy groups -OCH3 is 2. The van der Waals surface area contributed by atoms with Crippen LogP contribution >= 0.6 is 0 Å². The predicted octanol–water partition coefficient (Wildman–Crippen LogP) is 1.70. The first kappa shape index (κ1) is 18.9. The fourth-order valence-corrected chi connectivity index (χ4v) is 1.46. The summed E-state index contributed by atoms with van der Waals surface area (Å²) in [5, 5.41) is 0. The number of hydrogen-bond donors (Lipinski definition) is 0. The van der Waals surface area contributed by atoms with Gasteiger partial charge in [0.1, 0.15) is 0 Å². The van der Waals surface area contributed by atoms with E-state index < -0.39 is 35.3 Å². The molecule has 6 heteroatoms. The minimum atomic E-state index is -1.19. The highest BCUT2D eigenvalue weighted by molar-refractivity contribution is 5.85. The Bertz CT molecular complexity index is 303. The second kappa shape index (κ2) is 7.04. The van der Waals surface area contributed by atoms with Crippen LogP contribution in [-0.4, -0.2) is 49.6 Å². The van der Waals surface area contributed by atoms with E-state index >= 15 is 0 Å². The summed E-state index contributed by atoms with van der Waals surface area (Å²) in [6, 6.07) is 0. The van der Waals surface area contributed by atoms with E-state index in [-0.39, 0.29) is 0 Å². The average Bonchev–Trinajstić information content (AvgIpc) is 2.29. The standard InChI is InChI=1S/C14H26O6/c1-13(2,3)19-9(11(15)17-7)10(12(16)18-8)20-14(4,5)6/h9-10H,1-8H3/t9-,10-/m1/s1. The maximum Gasteiger partial charge on any atom is 0.338 e. The molecule has 0 aliphatic rings. The predicted molar refractivity (Wildman–Crippen MR) is 73.3 cm³/mol. The van der Waals surface area contributed by atoms with Crippen LogP contribution in [0.2, 0.25) is 0 Å². The van der Waals surface area contributed by atoms with Gasteiger partial charge in [-0.05, 0) is 41.5 Å². The minimum Gasteiger partial charge on any atom is -0.467 e. The summed E-state index contributed by atoms with van der Waals surface area (Å²) >= 11 is 0. The Balaban J connectivity index is 5.39. The molecular weight excluding hydrogens is 264 g/mol. The zero-order valence-electron chi connectivity index (χ0n) is 13.6. The molecule has 0 rings (SSSR count). The molecule has 0 radical (unpaired) electrons. The second-order valence-corrected chi connectivity index (χ2v) is 6.35. The highest BCUT2D eigenvalue weighted by Crippen LogP contribution is 2.21. The van der Waals surface area contributed by atoms with E-state index in [1.54, 1.807) is 41.5 Å². The van der Waals surface area contributed by atoms with Crippen molar-refractivity contribution in [1.29, 1.82) is 0 Å². The molecule has 6 nitrogen and oxygen atoms in total. The normalized spacial score (nSPS) is 15.4. The molecule has 0 amide bonds. The van der Waals surface area contributed by atoms with Crippen LogP contribution in [0.1, 0.15) is 41.5 Å². The summed E-state index contributed by atoms with van der Waals surface area (Å²) in [6.45, 7) is 10.6. The first-order valence-electron chi connectivity index (χ1n) is 6.42. The molecule has 0 saturated heterocycles. The number of esters is 2. The van der Waals surface area contributed by atoms with Crippen LogP contribution in [0, 0.1) is 0 Å². The number of hydrogen-bond acceptors (Lipinski definition) is 6. The number of carbonyl (C=O) groups is 2. The van der Waals surface area contributed by atoms with E-state index in [9.17, 15) is 9.59 Å². The van der Waals surface area contributed by atoms with Gasteiger partial charge in [0.15, 0.2) is 12.2 Å². The molecule has 0 bridgehead atoms. The fraction of sp³-hybridized carbons (Fsp3) is 0.857. The summed E-state index contributed by atoms with van der Waals surface area (Å²) in [5.41, 5.74) is -1.29. The number of rotatable bonds is 5. The molecule has 0 aromatic heterocycles. The zero-order chi connectivity index (χ0) is 16.1. The van der Waals surface area contributed by atoms with Crippen molar-refractivity contribution in [3.63, 3.8) is 0 Å². The van der Waals surface area contributed by atoms with Crippen molar-refractivity contribution in [3.05, 3.63) is 0 Å². The maximum absolute atomic E-state index is 11.9. The molecule has 0 spiro atoms. The highest BCUT2D eigenvalue weighted by Gasteiger charge is 2.42. The van der Waals surface area contributed by atoms with E-state index in [0.29, 0.717) is 0 Å². The van der Waals surface area contributed by atoms with Gasteiger partial charge in [0.25, 0.3) is 0 Å². The van der Waals surface area contributed by atoms with Crippen LogP contribution in [-0.2, 0) is 28.5 Å². The Morgan fingerprint density at radius 1 is 0.700 bits per heavy atom. The Morgan fingerprint density at radius 2 is 0.950 bits per heavy atom. The summed E-state index contributed by atoms with van der Waals surface area (Å²) in [6.07, 6.45) is -2.38. The lowest BCUT2D eigenvalue weighted by molar-refractivity contribution is -0.204. The van der Waals surface area contributed by atoms with Crippen LogP contribution in [0.5, 0.6) is 0 Å². The molecule has 2 atom stereocenters. The minimum absolute atomic E-state index is 0.646. The molecule has 20 heavy (non-hydrogen) atoms. The molecule has 0 aromatic carbocycles. The first-order valence-corrected chi connectivity index (χ1v) is 6.42. The van der Waals surface area contributed by atoms with Gasteiger partial charge in [-0.1, -0.05) is 0 Å². The van der Waals surface area contributed by atoms with E-state index in [2.05, 4.69) is 0 Å². The number of ether oxygens (including phenoxy) is 4. The lowest BCUT2D eigenvalue weighted by Gasteiger charge is -2.33. The molecule has 0 unspecified atom stereocenters. The molecular formula is C14H26O6. The highest BCUT2D eigenvalue weighted by atomic mass is 16.6.